The Hall–Kier alpha value is -2.89. The molecular weight excluding hydrogens is 311 g/mol. The van der Waals surface area contributed by atoms with E-state index in [0.717, 1.165) is 5.56 Å². The molecule has 6 heteroatoms. The number of amides is 2. The summed E-state index contributed by atoms with van der Waals surface area (Å²) in [6, 6.07) is 10.5. The zero-order chi connectivity index (χ0) is 17.3. The van der Waals surface area contributed by atoms with E-state index in [0.29, 0.717) is 23.5 Å². The number of halogens is 1. The van der Waals surface area contributed by atoms with Gasteiger partial charge in [0, 0.05) is 12.5 Å². The molecule has 1 atom stereocenters. The second-order valence-electron chi connectivity index (χ2n) is 5.61. The average molecular weight is 328 g/mol. The Morgan fingerprint density at radius 3 is 2.58 bits per heavy atom. The summed E-state index contributed by atoms with van der Waals surface area (Å²) >= 11 is 0. The van der Waals surface area contributed by atoms with Crippen LogP contribution in [0.3, 0.4) is 0 Å². The molecule has 2 aromatic carbocycles. The van der Waals surface area contributed by atoms with Crippen molar-refractivity contribution in [3.8, 4) is 5.75 Å². The molecule has 0 saturated carbocycles. The quantitative estimate of drug-likeness (QED) is 0.938. The van der Waals surface area contributed by atoms with Crippen LogP contribution in [0.2, 0.25) is 0 Å². The van der Waals surface area contributed by atoms with Crippen molar-refractivity contribution in [1.82, 2.24) is 5.32 Å². The van der Waals surface area contributed by atoms with Crippen LogP contribution >= 0.6 is 0 Å². The van der Waals surface area contributed by atoms with E-state index in [1.807, 2.05) is 0 Å². The van der Waals surface area contributed by atoms with Crippen molar-refractivity contribution >= 4 is 17.5 Å². The van der Waals surface area contributed by atoms with Crippen LogP contribution in [0.4, 0.5) is 10.1 Å². The number of rotatable bonds is 4. The number of methoxy groups -OCH3 is 1. The van der Waals surface area contributed by atoms with Gasteiger partial charge in [-0.05, 0) is 35.9 Å². The number of nitrogens with zero attached hydrogens (tertiary/aromatic N) is 1. The molecule has 1 heterocycles. The van der Waals surface area contributed by atoms with Crippen LogP contribution in [0.1, 0.15) is 24.1 Å². The minimum absolute atomic E-state index is 0.224. The summed E-state index contributed by atoms with van der Waals surface area (Å²) in [7, 11) is 1.54. The molecule has 124 valence electrons. The zero-order valence-electron chi connectivity index (χ0n) is 13.4. The predicted octanol–water partition coefficient (Wildman–Crippen LogP) is 2.56. The van der Waals surface area contributed by atoms with E-state index in [9.17, 15) is 14.0 Å². The highest BCUT2D eigenvalue weighted by Crippen LogP contribution is 2.39. The largest absolute Gasteiger partial charge is 0.497 e. The first-order chi connectivity index (χ1) is 11.5. The molecule has 0 radical (unpaired) electrons. The normalized spacial score (nSPS) is 16.0. The third-order valence-electron chi connectivity index (χ3n) is 3.95. The average Bonchev–Trinajstić information content (AvgIpc) is 2.81. The van der Waals surface area contributed by atoms with Crippen molar-refractivity contribution in [2.24, 2.45) is 0 Å². The summed E-state index contributed by atoms with van der Waals surface area (Å²) < 4.78 is 18.3. The first kappa shape index (κ1) is 16.0. The number of anilines is 1. The lowest BCUT2D eigenvalue weighted by Crippen LogP contribution is -2.36. The van der Waals surface area contributed by atoms with Crippen LogP contribution in [-0.4, -0.2) is 18.9 Å². The molecule has 1 N–H and O–H groups in total. The van der Waals surface area contributed by atoms with Gasteiger partial charge in [-0.1, -0.05) is 12.1 Å². The molecule has 2 aromatic rings. The van der Waals surface area contributed by atoms with Crippen LogP contribution in [0.25, 0.3) is 0 Å². The van der Waals surface area contributed by atoms with Gasteiger partial charge in [0.15, 0.2) is 0 Å². The Bertz CT molecular complexity index is 789. The number of hydrogen-bond donors (Lipinski definition) is 1. The Morgan fingerprint density at radius 1 is 1.25 bits per heavy atom. The van der Waals surface area contributed by atoms with Gasteiger partial charge in [0.2, 0.25) is 5.91 Å². The second-order valence-corrected chi connectivity index (χ2v) is 5.61. The maximum atomic E-state index is 13.1. The molecule has 1 aliphatic heterocycles. The highest BCUT2D eigenvalue weighted by atomic mass is 19.1. The number of carbonyl (C=O) groups excluding carboxylic acids is 2. The molecule has 0 fully saturated rings. The molecule has 1 aliphatic rings. The maximum Gasteiger partial charge on any atom is 0.254 e. The number of ether oxygens (including phenoxy) is 1. The fourth-order valence-corrected chi connectivity index (χ4v) is 2.82. The Balaban J connectivity index is 1.97. The van der Waals surface area contributed by atoms with Gasteiger partial charge in [-0.2, -0.15) is 0 Å². The molecule has 5 nitrogen and oxygen atoms in total. The molecule has 0 saturated heterocycles. The summed E-state index contributed by atoms with van der Waals surface area (Å²) in [5.41, 5.74) is 2.20. The Morgan fingerprint density at radius 2 is 1.96 bits per heavy atom. The summed E-state index contributed by atoms with van der Waals surface area (Å²) in [6.07, 6.45) is 0. The van der Waals surface area contributed by atoms with Gasteiger partial charge in [0.05, 0.1) is 19.3 Å². The van der Waals surface area contributed by atoms with Crippen molar-refractivity contribution in [1.29, 1.82) is 0 Å². The Labute approximate surface area is 139 Å². The molecule has 2 amide bonds. The van der Waals surface area contributed by atoms with Crippen LogP contribution in [0, 0.1) is 5.82 Å². The van der Waals surface area contributed by atoms with Crippen molar-refractivity contribution in [3.63, 3.8) is 0 Å². The van der Waals surface area contributed by atoms with Gasteiger partial charge in [-0.15, -0.1) is 0 Å². The fraction of sp³-hybridized carbons (Fsp3) is 0.222. The van der Waals surface area contributed by atoms with E-state index in [1.54, 1.807) is 42.3 Å². The van der Waals surface area contributed by atoms with E-state index in [-0.39, 0.29) is 17.6 Å². The molecular formula is C18H17FN2O3. The fourth-order valence-electron chi connectivity index (χ4n) is 2.82. The van der Waals surface area contributed by atoms with Crippen LogP contribution in [-0.2, 0) is 16.1 Å². The summed E-state index contributed by atoms with van der Waals surface area (Å²) in [4.78, 5) is 25.8. The SMILES string of the molecule is COc1ccc2c(c1)C(NC(C)=O)C(=O)N2Cc1ccc(F)cc1. The topological polar surface area (TPSA) is 58.6 Å². The van der Waals surface area contributed by atoms with Gasteiger partial charge in [0.25, 0.3) is 5.91 Å². The summed E-state index contributed by atoms with van der Waals surface area (Å²) in [6.45, 7) is 1.67. The minimum Gasteiger partial charge on any atom is -0.497 e. The van der Waals surface area contributed by atoms with Crippen molar-refractivity contribution < 1.29 is 18.7 Å². The second kappa shape index (κ2) is 6.31. The Kier molecular flexibility index (Phi) is 4.20. The van der Waals surface area contributed by atoms with Crippen LogP contribution in [0.15, 0.2) is 42.5 Å². The number of fused-ring (bicyclic) bond motifs is 1. The lowest BCUT2D eigenvalue weighted by Gasteiger charge is -2.18. The third-order valence-corrected chi connectivity index (χ3v) is 3.95. The first-order valence-electron chi connectivity index (χ1n) is 7.50. The van der Waals surface area contributed by atoms with Crippen molar-refractivity contribution in [2.75, 3.05) is 12.0 Å². The lowest BCUT2D eigenvalue weighted by atomic mass is 10.1. The maximum absolute atomic E-state index is 13.1. The molecule has 0 bridgehead atoms. The van der Waals surface area contributed by atoms with Gasteiger partial charge in [0.1, 0.15) is 17.6 Å². The van der Waals surface area contributed by atoms with E-state index < -0.39 is 6.04 Å². The van der Waals surface area contributed by atoms with Crippen LogP contribution in [0.5, 0.6) is 5.75 Å². The zero-order valence-corrected chi connectivity index (χ0v) is 13.4. The summed E-state index contributed by atoms with van der Waals surface area (Å²) in [5, 5.41) is 2.68. The predicted molar refractivity (Wildman–Crippen MR) is 87.1 cm³/mol. The van der Waals surface area contributed by atoms with Crippen molar-refractivity contribution in [3.05, 3.63) is 59.4 Å². The van der Waals surface area contributed by atoms with E-state index >= 15 is 0 Å². The molecule has 1 unspecified atom stereocenters. The van der Waals surface area contributed by atoms with Crippen LogP contribution < -0.4 is 15.0 Å². The molecule has 24 heavy (non-hydrogen) atoms. The first-order valence-corrected chi connectivity index (χ1v) is 7.50. The highest BCUT2D eigenvalue weighted by Gasteiger charge is 2.38. The lowest BCUT2D eigenvalue weighted by molar-refractivity contribution is -0.126. The summed E-state index contributed by atoms with van der Waals surface area (Å²) in [5.74, 6) is -0.225. The highest BCUT2D eigenvalue weighted by molar-refractivity contribution is 6.06. The molecule has 3 rings (SSSR count). The van der Waals surface area contributed by atoms with Gasteiger partial charge in [-0.25, -0.2) is 4.39 Å². The molecule has 0 spiro atoms. The van der Waals surface area contributed by atoms with Gasteiger partial charge >= 0.3 is 0 Å². The standard InChI is InChI=1S/C18H17FN2O3/c1-11(22)20-17-15-9-14(24-2)7-8-16(15)21(18(17)23)10-12-3-5-13(19)6-4-12/h3-9,17H,10H2,1-2H3,(H,20,22). The monoisotopic (exact) mass is 328 g/mol. The number of hydrogen-bond acceptors (Lipinski definition) is 3. The van der Waals surface area contributed by atoms with Gasteiger partial charge < -0.3 is 15.0 Å². The van der Waals surface area contributed by atoms with E-state index in [4.69, 9.17) is 4.74 Å². The molecule has 0 aromatic heterocycles. The number of carbonyl (C=O) groups is 2. The number of nitrogens with one attached hydrogen (secondary N) is 1. The molecule has 0 aliphatic carbocycles. The van der Waals surface area contributed by atoms with E-state index in [2.05, 4.69) is 5.32 Å². The smallest absolute Gasteiger partial charge is 0.254 e. The van der Waals surface area contributed by atoms with E-state index in [1.165, 1.54) is 19.1 Å². The minimum atomic E-state index is -0.743. The number of benzene rings is 2. The third kappa shape index (κ3) is 2.95. The van der Waals surface area contributed by atoms with Crippen molar-refractivity contribution in [2.45, 2.75) is 19.5 Å². The van der Waals surface area contributed by atoms with Gasteiger partial charge in [-0.3, -0.25) is 9.59 Å².